The van der Waals surface area contributed by atoms with Crippen LogP contribution in [0.5, 0.6) is 0 Å². The topological polar surface area (TPSA) is 43.4 Å². The molecule has 0 aromatic carbocycles. The van der Waals surface area contributed by atoms with Crippen molar-refractivity contribution in [3.8, 4) is 0 Å². The van der Waals surface area contributed by atoms with Gasteiger partial charge in [0.15, 0.2) is 0 Å². The monoisotopic (exact) mass is 268 g/mol. The normalized spacial score (nSPS) is 13.1. The molecular formula is C7H12ClF3O3S. The van der Waals surface area contributed by atoms with Gasteiger partial charge in [-0.3, -0.25) is 0 Å². The van der Waals surface area contributed by atoms with Gasteiger partial charge in [-0.15, -0.1) is 0 Å². The van der Waals surface area contributed by atoms with Gasteiger partial charge in [-0.25, -0.2) is 8.42 Å². The summed E-state index contributed by atoms with van der Waals surface area (Å²) in [6.07, 6.45) is -3.10. The maximum atomic E-state index is 11.6. The van der Waals surface area contributed by atoms with Crippen LogP contribution in [-0.2, 0) is 13.8 Å². The Morgan fingerprint density at radius 3 is 2.20 bits per heavy atom. The van der Waals surface area contributed by atoms with E-state index in [9.17, 15) is 21.6 Å². The maximum Gasteiger partial charge on any atom is 0.411 e. The Hall–Kier alpha value is -0.0100. The van der Waals surface area contributed by atoms with Crippen LogP contribution in [0.3, 0.4) is 0 Å². The highest BCUT2D eigenvalue weighted by Crippen LogP contribution is 2.14. The first-order chi connectivity index (χ1) is 6.71. The third kappa shape index (κ3) is 14.0. The zero-order valence-electron chi connectivity index (χ0n) is 7.89. The minimum Gasteiger partial charge on any atom is -0.372 e. The van der Waals surface area contributed by atoms with Crippen molar-refractivity contribution in [3.05, 3.63) is 0 Å². The number of hydrogen-bond acceptors (Lipinski definition) is 3. The Kier molecular flexibility index (Phi) is 6.54. The second-order valence-corrected chi connectivity index (χ2v) is 5.87. The fourth-order valence-corrected chi connectivity index (χ4v) is 1.72. The summed E-state index contributed by atoms with van der Waals surface area (Å²) in [6, 6.07) is 0. The van der Waals surface area contributed by atoms with E-state index >= 15 is 0 Å². The van der Waals surface area contributed by atoms with Gasteiger partial charge in [0.25, 0.3) is 0 Å². The molecule has 0 fully saturated rings. The molecule has 0 heterocycles. The van der Waals surface area contributed by atoms with Crippen molar-refractivity contribution < 1.29 is 26.3 Å². The van der Waals surface area contributed by atoms with Gasteiger partial charge < -0.3 is 4.74 Å². The van der Waals surface area contributed by atoms with Gasteiger partial charge in [0.2, 0.25) is 9.05 Å². The van der Waals surface area contributed by atoms with Gasteiger partial charge in [-0.1, -0.05) is 6.42 Å². The number of unbranched alkanes of at least 4 members (excludes halogenated alkanes) is 2. The lowest BCUT2D eigenvalue weighted by Gasteiger charge is -2.06. The molecule has 0 amide bonds. The Bertz CT molecular complexity index is 263. The number of rotatable bonds is 7. The van der Waals surface area contributed by atoms with Crippen LogP contribution in [0.1, 0.15) is 19.3 Å². The molecule has 0 spiro atoms. The number of halogens is 4. The fourth-order valence-electron chi connectivity index (χ4n) is 0.843. The van der Waals surface area contributed by atoms with E-state index in [1.54, 1.807) is 0 Å². The van der Waals surface area contributed by atoms with Crippen molar-refractivity contribution in [2.45, 2.75) is 25.4 Å². The summed E-state index contributed by atoms with van der Waals surface area (Å²) in [6.45, 7) is -1.29. The van der Waals surface area contributed by atoms with Crippen LogP contribution in [0.4, 0.5) is 13.2 Å². The molecule has 0 aromatic heterocycles. The molecule has 0 aliphatic carbocycles. The van der Waals surface area contributed by atoms with Crippen molar-refractivity contribution in [2.75, 3.05) is 19.0 Å². The molecule has 3 nitrogen and oxygen atoms in total. The summed E-state index contributed by atoms with van der Waals surface area (Å²) < 4.78 is 59.9. The Labute approximate surface area is 91.0 Å². The quantitative estimate of drug-likeness (QED) is 0.526. The second kappa shape index (κ2) is 6.55. The molecule has 0 saturated carbocycles. The molecule has 0 N–H and O–H groups in total. The molecule has 92 valence electrons. The molecule has 0 saturated heterocycles. The highest BCUT2D eigenvalue weighted by molar-refractivity contribution is 8.13. The third-order valence-electron chi connectivity index (χ3n) is 1.44. The average Bonchev–Trinajstić information content (AvgIpc) is 1.98. The van der Waals surface area contributed by atoms with Gasteiger partial charge in [0.1, 0.15) is 6.61 Å². The molecule has 0 aliphatic heterocycles. The molecule has 15 heavy (non-hydrogen) atoms. The smallest absolute Gasteiger partial charge is 0.372 e. The van der Waals surface area contributed by atoms with Crippen LogP contribution < -0.4 is 0 Å². The molecule has 0 aliphatic rings. The molecule has 0 unspecified atom stereocenters. The third-order valence-corrected chi connectivity index (χ3v) is 2.68. The van der Waals surface area contributed by atoms with Crippen LogP contribution in [0.25, 0.3) is 0 Å². The highest BCUT2D eigenvalue weighted by Gasteiger charge is 2.27. The minimum atomic E-state index is -4.31. The van der Waals surface area contributed by atoms with E-state index in [4.69, 9.17) is 10.7 Å². The Morgan fingerprint density at radius 1 is 1.13 bits per heavy atom. The van der Waals surface area contributed by atoms with Crippen molar-refractivity contribution in [1.82, 2.24) is 0 Å². The molecule has 0 rings (SSSR count). The maximum absolute atomic E-state index is 11.6. The molecule has 0 bridgehead atoms. The fraction of sp³-hybridized carbons (Fsp3) is 1.00. The van der Waals surface area contributed by atoms with Gasteiger partial charge in [-0.2, -0.15) is 13.2 Å². The average molecular weight is 269 g/mol. The van der Waals surface area contributed by atoms with Crippen molar-refractivity contribution in [2.24, 2.45) is 0 Å². The highest BCUT2D eigenvalue weighted by atomic mass is 35.7. The molecular weight excluding hydrogens is 257 g/mol. The largest absolute Gasteiger partial charge is 0.411 e. The number of ether oxygens (including phenoxy) is 1. The Morgan fingerprint density at radius 2 is 1.73 bits per heavy atom. The van der Waals surface area contributed by atoms with E-state index in [-0.39, 0.29) is 12.4 Å². The van der Waals surface area contributed by atoms with E-state index in [2.05, 4.69) is 4.74 Å². The molecule has 0 atom stereocenters. The summed E-state index contributed by atoms with van der Waals surface area (Å²) >= 11 is 0. The first-order valence-electron chi connectivity index (χ1n) is 4.27. The predicted molar refractivity (Wildman–Crippen MR) is 50.4 cm³/mol. The zero-order valence-corrected chi connectivity index (χ0v) is 9.46. The summed E-state index contributed by atoms with van der Waals surface area (Å²) in [5, 5.41) is 0. The van der Waals surface area contributed by atoms with Crippen LogP contribution in [-0.4, -0.2) is 33.6 Å². The van der Waals surface area contributed by atoms with Gasteiger partial charge in [-0.05, 0) is 12.8 Å². The van der Waals surface area contributed by atoms with E-state index in [1.807, 2.05) is 0 Å². The molecule has 8 heteroatoms. The van der Waals surface area contributed by atoms with Crippen molar-refractivity contribution in [3.63, 3.8) is 0 Å². The lowest BCUT2D eigenvalue weighted by molar-refractivity contribution is -0.174. The molecule has 0 radical (unpaired) electrons. The van der Waals surface area contributed by atoms with E-state index in [1.165, 1.54) is 0 Å². The van der Waals surface area contributed by atoms with Crippen molar-refractivity contribution in [1.29, 1.82) is 0 Å². The van der Waals surface area contributed by atoms with Crippen LogP contribution >= 0.6 is 10.7 Å². The standard InChI is InChI=1S/C7H12ClF3O3S/c8-15(12,13)5-3-1-2-4-14-6-7(9,10)11/h1-6H2. The predicted octanol–water partition coefficient (Wildman–Crippen LogP) is 2.30. The summed E-state index contributed by atoms with van der Waals surface area (Å²) in [5.74, 6) is -0.159. The lowest BCUT2D eigenvalue weighted by Crippen LogP contribution is -2.17. The number of alkyl halides is 3. The Balaban J connectivity index is 3.27. The van der Waals surface area contributed by atoms with Crippen LogP contribution in [0.2, 0.25) is 0 Å². The first-order valence-corrected chi connectivity index (χ1v) is 6.75. The summed E-state index contributed by atoms with van der Waals surface area (Å²) in [4.78, 5) is 0. The molecule has 0 aromatic rings. The van der Waals surface area contributed by atoms with Gasteiger partial charge in [0, 0.05) is 17.3 Å². The van der Waals surface area contributed by atoms with E-state index < -0.39 is 21.8 Å². The van der Waals surface area contributed by atoms with Crippen LogP contribution in [0.15, 0.2) is 0 Å². The van der Waals surface area contributed by atoms with Crippen LogP contribution in [0, 0.1) is 0 Å². The second-order valence-electron chi connectivity index (χ2n) is 2.97. The minimum absolute atomic E-state index is 0.0259. The van der Waals surface area contributed by atoms with E-state index in [0.29, 0.717) is 19.3 Å². The van der Waals surface area contributed by atoms with Gasteiger partial charge in [0.05, 0.1) is 5.75 Å². The van der Waals surface area contributed by atoms with Crippen molar-refractivity contribution >= 4 is 19.7 Å². The van der Waals surface area contributed by atoms with E-state index in [0.717, 1.165) is 0 Å². The SMILES string of the molecule is O=S(=O)(Cl)CCCCCOCC(F)(F)F. The summed E-state index contributed by atoms with van der Waals surface area (Å²) in [7, 11) is 1.44. The number of hydrogen-bond donors (Lipinski definition) is 0. The summed E-state index contributed by atoms with van der Waals surface area (Å²) in [5.41, 5.74) is 0. The lowest BCUT2D eigenvalue weighted by atomic mass is 10.3. The van der Waals surface area contributed by atoms with Gasteiger partial charge >= 0.3 is 6.18 Å². The first kappa shape index (κ1) is 15.0. The zero-order chi connectivity index (χ0) is 11.9.